The van der Waals surface area contributed by atoms with Gasteiger partial charge in [0.05, 0.1) is 6.10 Å². The molecule has 0 aliphatic heterocycles. The van der Waals surface area contributed by atoms with Crippen LogP contribution >= 0.6 is 0 Å². The van der Waals surface area contributed by atoms with Gasteiger partial charge in [0.15, 0.2) is 0 Å². The molecular weight excluding hydrogens is 208 g/mol. The predicted molar refractivity (Wildman–Crippen MR) is 73.0 cm³/mol. The highest BCUT2D eigenvalue weighted by Crippen LogP contribution is 2.49. The molecule has 2 rings (SSSR count). The van der Waals surface area contributed by atoms with Crippen molar-refractivity contribution in [3.63, 3.8) is 0 Å². The molecule has 1 atom stereocenters. The lowest BCUT2D eigenvalue weighted by molar-refractivity contribution is 0.146. The van der Waals surface area contributed by atoms with Gasteiger partial charge < -0.3 is 5.11 Å². The summed E-state index contributed by atoms with van der Waals surface area (Å²) in [5.74, 6) is 1.06. The second-order valence-electron chi connectivity index (χ2n) is 6.94. The molecule has 2 saturated carbocycles. The van der Waals surface area contributed by atoms with Crippen LogP contribution in [0.1, 0.15) is 84.0 Å². The summed E-state index contributed by atoms with van der Waals surface area (Å²) in [6.07, 6.45) is 15.9. The second kappa shape index (κ2) is 6.22. The zero-order valence-corrected chi connectivity index (χ0v) is 11.6. The van der Waals surface area contributed by atoms with Crippen molar-refractivity contribution in [2.75, 3.05) is 0 Å². The molecule has 2 fully saturated rings. The lowest BCUT2D eigenvalue weighted by Crippen LogP contribution is -2.06. The van der Waals surface area contributed by atoms with Gasteiger partial charge >= 0.3 is 0 Å². The Morgan fingerprint density at radius 2 is 1.71 bits per heavy atom. The third-order valence-electron chi connectivity index (χ3n) is 4.77. The van der Waals surface area contributed by atoms with Crippen molar-refractivity contribution in [2.24, 2.45) is 11.3 Å². The van der Waals surface area contributed by atoms with Crippen LogP contribution in [0.25, 0.3) is 0 Å². The first-order valence-electron chi connectivity index (χ1n) is 7.86. The normalized spacial score (nSPS) is 23.6. The van der Waals surface area contributed by atoms with Crippen molar-refractivity contribution >= 4 is 0 Å². The molecule has 0 amide bonds. The van der Waals surface area contributed by atoms with Crippen molar-refractivity contribution in [3.8, 4) is 0 Å². The maximum absolute atomic E-state index is 9.88. The van der Waals surface area contributed by atoms with E-state index in [1.807, 2.05) is 0 Å². The van der Waals surface area contributed by atoms with Gasteiger partial charge in [0.25, 0.3) is 0 Å². The Morgan fingerprint density at radius 3 is 2.29 bits per heavy atom. The number of unbranched alkanes of at least 4 members (excludes halogenated alkanes) is 2. The third-order valence-corrected chi connectivity index (χ3v) is 4.77. The Bertz CT molecular complexity index is 216. The van der Waals surface area contributed by atoms with E-state index in [9.17, 15) is 5.11 Å². The quantitative estimate of drug-likeness (QED) is 0.548. The van der Waals surface area contributed by atoms with Gasteiger partial charge in [-0.05, 0) is 43.4 Å². The smallest absolute Gasteiger partial charge is 0.0540 e. The van der Waals surface area contributed by atoms with Gasteiger partial charge in [0.1, 0.15) is 0 Å². The number of hydrogen-bond acceptors (Lipinski definition) is 1. The molecule has 0 heterocycles. The van der Waals surface area contributed by atoms with Gasteiger partial charge in [-0.15, -0.1) is 0 Å². The van der Waals surface area contributed by atoms with E-state index >= 15 is 0 Å². The Balaban J connectivity index is 1.36. The first-order valence-corrected chi connectivity index (χ1v) is 7.86. The van der Waals surface area contributed by atoms with Crippen molar-refractivity contribution in [2.45, 2.75) is 90.1 Å². The lowest BCUT2D eigenvalue weighted by atomic mass is 9.98. The van der Waals surface area contributed by atoms with Crippen LogP contribution in [0, 0.1) is 11.3 Å². The topological polar surface area (TPSA) is 20.2 Å². The summed E-state index contributed by atoms with van der Waals surface area (Å²) in [6, 6.07) is 0. The highest BCUT2D eigenvalue weighted by molar-refractivity contribution is 4.87. The lowest BCUT2D eigenvalue weighted by Gasteiger charge is -2.11. The largest absolute Gasteiger partial charge is 0.393 e. The predicted octanol–water partition coefficient (Wildman–Crippen LogP) is 4.68. The molecule has 0 radical (unpaired) electrons. The molecule has 1 heteroatoms. The van der Waals surface area contributed by atoms with E-state index in [1.165, 1.54) is 64.2 Å². The molecule has 0 aromatic carbocycles. The van der Waals surface area contributed by atoms with Gasteiger partial charge in [-0.1, -0.05) is 51.9 Å². The minimum Gasteiger partial charge on any atom is -0.393 e. The van der Waals surface area contributed by atoms with Crippen LogP contribution < -0.4 is 0 Å². The molecule has 0 bridgehead atoms. The zero-order chi connectivity index (χ0) is 12.1. The fraction of sp³-hybridized carbons (Fsp3) is 1.00. The first-order chi connectivity index (χ1) is 8.18. The molecule has 0 aromatic rings. The van der Waals surface area contributed by atoms with Crippen LogP contribution in [0.4, 0.5) is 0 Å². The molecule has 1 N–H and O–H groups in total. The Hall–Kier alpha value is -0.0400. The minimum atomic E-state index is -0.0128. The molecule has 17 heavy (non-hydrogen) atoms. The fourth-order valence-electron chi connectivity index (χ4n) is 2.76. The van der Waals surface area contributed by atoms with E-state index in [2.05, 4.69) is 6.92 Å². The SMILES string of the molecule is CC1(CCCCC(O)CCCCC2CC2)CC1. The molecule has 2 aliphatic carbocycles. The molecule has 100 valence electrons. The third kappa shape index (κ3) is 5.90. The van der Waals surface area contributed by atoms with Crippen LogP contribution in [-0.2, 0) is 0 Å². The molecule has 0 spiro atoms. The van der Waals surface area contributed by atoms with E-state index in [0.717, 1.165) is 18.8 Å². The average Bonchev–Trinajstić information content (AvgIpc) is 3.19. The second-order valence-corrected chi connectivity index (χ2v) is 6.94. The average molecular weight is 238 g/mol. The standard InChI is InChI=1S/C16H30O/c1-16(12-13-16)11-5-4-8-15(17)7-3-2-6-14-9-10-14/h14-15,17H,2-13H2,1H3. The molecule has 0 saturated heterocycles. The van der Waals surface area contributed by atoms with Crippen molar-refractivity contribution in [1.29, 1.82) is 0 Å². The minimum absolute atomic E-state index is 0.0128. The van der Waals surface area contributed by atoms with Gasteiger partial charge in [-0.25, -0.2) is 0 Å². The van der Waals surface area contributed by atoms with Gasteiger partial charge in [-0.2, -0.15) is 0 Å². The van der Waals surface area contributed by atoms with Crippen LogP contribution in [-0.4, -0.2) is 11.2 Å². The summed E-state index contributed by atoms with van der Waals surface area (Å²) in [5.41, 5.74) is 0.704. The highest BCUT2D eigenvalue weighted by atomic mass is 16.3. The molecular formula is C16H30O. The van der Waals surface area contributed by atoms with Crippen LogP contribution in [0.15, 0.2) is 0 Å². The number of aliphatic hydroxyl groups is 1. The van der Waals surface area contributed by atoms with Gasteiger partial charge in [0.2, 0.25) is 0 Å². The molecule has 1 nitrogen and oxygen atoms in total. The Labute approximate surface area is 107 Å². The molecule has 1 unspecified atom stereocenters. The fourth-order valence-corrected chi connectivity index (χ4v) is 2.76. The van der Waals surface area contributed by atoms with Crippen molar-refractivity contribution in [1.82, 2.24) is 0 Å². The summed E-state index contributed by atoms with van der Waals surface area (Å²) >= 11 is 0. The van der Waals surface area contributed by atoms with E-state index in [-0.39, 0.29) is 6.10 Å². The van der Waals surface area contributed by atoms with E-state index in [1.54, 1.807) is 0 Å². The summed E-state index contributed by atoms with van der Waals surface area (Å²) < 4.78 is 0. The first kappa shape index (κ1) is 13.4. The van der Waals surface area contributed by atoms with Crippen LogP contribution in [0.5, 0.6) is 0 Å². The van der Waals surface area contributed by atoms with Crippen LogP contribution in [0.2, 0.25) is 0 Å². The van der Waals surface area contributed by atoms with E-state index < -0.39 is 0 Å². The molecule has 0 aromatic heterocycles. The van der Waals surface area contributed by atoms with E-state index in [4.69, 9.17) is 0 Å². The van der Waals surface area contributed by atoms with Crippen molar-refractivity contribution < 1.29 is 5.11 Å². The molecule has 2 aliphatic rings. The van der Waals surface area contributed by atoms with Gasteiger partial charge in [0, 0.05) is 0 Å². The number of hydrogen-bond donors (Lipinski definition) is 1. The summed E-state index contributed by atoms with van der Waals surface area (Å²) in [4.78, 5) is 0. The maximum atomic E-state index is 9.88. The summed E-state index contributed by atoms with van der Waals surface area (Å²) in [5, 5.41) is 9.88. The zero-order valence-electron chi connectivity index (χ0n) is 11.6. The maximum Gasteiger partial charge on any atom is 0.0540 e. The monoisotopic (exact) mass is 238 g/mol. The summed E-state index contributed by atoms with van der Waals surface area (Å²) in [6.45, 7) is 2.40. The van der Waals surface area contributed by atoms with Crippen molar-refractivity contribution in [3.05, 3.63) is 0 Å². The highest BCUT2D eigenvalue weighted by Gasteiger charge is 2.35. The number of aliphatic hydroxyl groups excluding tert-OH is 1. The number of rotatable bonds is 10. The van der Waals surface area contributed by atoms with Gasteiger partial charge in [-0.3, -0.25) is 0 Å². The summed E-state index contributed by atoms with van der Waals surface area (Å²) in [7, 11) is 0. The van der Waals surface area contributed by atoms with Crippen LogP contribution in [0.3, 0.4) is 0 Å². The Kier molecular flexibility index (Phi) is 4.90. The Morgan fingerprint density at radius 1 is 1.06 bits per heavy atom. The van der Waals surface area contributed by atoms with E-state index in [0.29, 0.717) is 5.41 Å².